The van der Waals surface area contributed by atoms with E-state index in [0.717, 1.165) is 15.7 Å². The van der Waals surface area contributed by atoms with Gasteiger partial charge in [0.25, 0.3) is 0 Å². The Balaban J connectivity index is 1.94. The van der Waals surface area contributed by atoms with Crippen LogP contribution in [-0.2, 0) is 13.6 Å². The smallest absolute Gasteiger partial charge is 0.321 e. The summed E-state index contributed by atoms with van der Waals surface area (Å²) >= 11 is 3.35. The number of halogens is 1. The maximum Gasteiger partial charge on any atom is 0.321 e. The monoisotopic (exact) mass is 322 g/mol. The van der Waals surface area contributed by atoms with Crippen molar-refractivity contribution in [2.75, 3.05) is 12.4 Å². The second-order valence-electron chi connectivity index (χ2n) is 4.32. The van der Waals surface area contributed by atoms with Gasteiger partial charge in [-0.15, -0.1) is 0 Å². The van der Waals surface area contributed by atoms with E-state index in [1.54, 1.807) is 22.8 Å². The Bertz CT molecular complexity index is 564. The van der Waals surface area contributed by atoms with Crippen LogP contribution in [0.5, 0.6) is 0 Å². The topological polar surface area (TPSA) is 50.2 Å². The lowest BCUT2D eigenvalue weighted by atomic mass is 10.3. The van der Waals surface area contributed by atoms with Crippen molar-refractivity contribution < 1.29 is 4.79 Å². The fourth-order valence-electron chi connectivity index (χ4n) is 1.65. The van der Waals surface area contributed by atoms with Crippen molar-refractivity contribution in [2.24, 2.45) is 7.05 Å². The maximum absolute atomic E-state index is 12.0. The molecule has 0 aliphatic carbocycles. The van der Waals surface area contributed by atoms with Crippen molar-refractivity contribution >= 4 is 27.6 Å². The van der Waals surface area contributed by atoms with Gasteiger partial charge in [0.05, 0.1) is 12.7 Å². The van der Waals surface area contributed by atoms with Gasteiger partial charge in [-0.3, -0.25) is 4.68 Å². The Kier molecular flexibility index (Phi) is 4.21. The number of carbonyl (C=O) groups is 1. The molecule has 2 rings (SSSR count). The Morgan fingerprint density at radius 3 is 2.68 bits per heavy atom. The van der Waals surface area contributed by atoms with Crippen LogP contribution < -0.4 is 5.32 Å². The number of urea groups is 1. The first-order valence-electron chi connectivity index (χ1n) is 5.80. The number of aryl methyl sites for hydroxylation is 1. The van der Waals surface area contributed by atoms with Crippen LogP contribution in [0.15, 0.2) is 41.1 Å². The molecule has 1 aromatic heterocycles. The third-order valence-electron chi connectivity index (χ3n) is 2.62. The number of hydrogen-bond donors (Lipinski definition) is 1. The summed E-state index contributed by atoms with van der Waals surface area (Å²) in [5, 5.41) is 6.91. The highest BCUT2D eigenvalue weighted by Gasteiger charge is 2.10. The van der Waals surface area contributed by atoms with Gasteiger partial charge in [0, 0.05) is 36.0 Å². The SMILES string of the molecule is CN(Cc1cnn(C)c1)C(=O)Nc1ccc(Br)cc1. The first kappa shape index (κ1) is 13.6. The first-order valence-corrected chi connectivity index (χ1v) is 6.59. The molecule has 0 unspecified atom stereocenters. The summed E-state index contributed by atoms with van der Waals surface area (Å²) in [4.78, 5) is 13.6. The third kappa shape index (κ3) is 3.82. The molecule has 0 radical (unpaired) electrons. The lowest BCUT2D eigenvalue weighted by Gasteiger charge is -2.17. The van der Waals surface area contributed by atoms with Crippen molar-refractivity contribution in [3.05, 3.63) is 46.7 Å². The van der Waals surface area contributed by atoms with Crippen molar-refractivity contribution in [2.45, 2.75) is 6.54 Å². The summed E-state index contributed by atoms with van der Waals surface area (Å²) in [6.07, 6.45) is 3.65. The summed E-state index contributed by atoms with van der Waals surface area (Å²) in [6.45, 7) is 0.524. The van der Waals surface area contributed by atoms with Crippen LogP contribution in [0.4, 0.5) is 10.5 Å². The fraction of sp³-hybridized carbons (Fsp3) is 0.231. The number of carbonyl (C=O) groups excluding carboxylic acids is 1. The maximum atomic E-state index is 12.0. The quantitative estimate of drug-likeness (QED) is 0.944. The van der Waals surface area contributed by atoms with Crippen molar-refractivity contribution in [1.29, 1.82) is 0 Å². The molecule has 0 saturated carbocycles. The molecule has 2 aromatic rings. The predicted molar refractivity (Wildman–Crippen MR) is 77.8 cm³/mol. The minimum Gasteiger partial charge on any atom is -0.323 e. The van der Waals surface area contributed by atoms with Crippen molar-refractivity contribution in [3.63, 3.8) is 0 Å². The molecule has 0 fully saturated rings. The molecular formula is C13H15BrN4O. The Labute approximate surface area is 120 Å². The Hall–Kier alpha value is -1.82. The van der Waals surface area contributed by atoms with Crippen molar-refractivity contribution in [3.8, 4) is 0 Å². The van der Waals surface area contributed by atoms with Gasteiger partial charge in [-0.1, -0.05) is 15.9 Å². The Morgan fingerprint density at radius 2 is 2.11 bits per heavy atom. The zero-order chi connectivity index (χ0) is 13.8. The summed E-state index contributed by atoms with van der Waals surface area (Å²) in [5.74, 6) is 0. The molecule has 0 spiro atoms. The number of hydrogen-bond acceptors (Lipinski definition) is 2. The molecule has 0 atom stereocenters. The normalized spacial score (nSPS) is 10.3. The zero-order valence-electron chi connectivity index (χ0n) is 10.8. The van der Waals surface area contributed by atoms with Gasteiger partial charge in [0.1, 0.15) is 0 Å². The van der Waals surface area contributed by atoms with Gasteiger partial charge in [-0.05, 0) is 24.3 Å². The van der Waals surface area contributed by atoms with E-state index in [-0.39, 0.29) is 6.03 Å². The molecule has 0 aliphatic heterocycles. The average molecular weight is 323 g/mol. The highest BCUT2D eigenvalue weighted by molar-refractivity contribution is 9.10. The van der Waals surface area contributed by atoms with Gasteiger partial charge in [-0.2, -0.15) is 5.10 Å². The number of aromatic nitrogens is 2. The first-order chi connectivity index (χ1) is 9.04. The van der Waals surface area contributed by atoms with E-state index in [1.807, 2.05) is 37.5 Å². The number of anilines is 1. The minimum absolute atomic E-state index is 0.147. The number of nitrogens with one attached hydrogen (secondary N) is 1. The molecule has 1 N–H and O–H groups in total. The Morgan fingerprint density at radius 1 is 1.42 bits per heavy atom. The molecule has 0 saturated heterocycles. The number of rotatable bonds is 3. The van der Waals surface area contributed by atoms with Gasteiger partial charge in [0.15, 0.2) is 0 Å². The highest BCUT2D eigenvalue weighted by atomic mass is 79.9. The second-order valence-corrected chi connectivity index (χ2v) is 5.23. The molecule has 5 nitrogen and oxygen atoms in total. The number of amides is 2. The molecule has 1 aromatic carbocycles. The van der Waals surface area contributed by atoms with Gasteiger partial charge < -0.3 is 10.2 Å². The molecule has 0 aliphatic rings. The summed E-state index contributed by atoms with van der Waals surface area (Å²) in [6, 6.07) is 7.32. The van der Waals surface area contributed by atoms with Gasteiger partial charge in [-0.25, -0.2) is 4.79 Å². The van der Waals surface area contributed by atoms with E-state index < -0.39 is 0 Å². The van der Waals surface area contributed by atoms with Crippen LogP contribution in [0.1, 0.15) is 5.56 Å². The molecule has 2 amide bonds. The molecule has 100 valence electrons. The van der Waals surface area contributed by atoms with E-state index >= 15 is 0 Å². The van der Waals surface area contributed by atoms with E-state index in [2.05, 4.69) is 26.3 Å². The molecule has 1 heterocycles. The van der Waals surface area contributed by atoms with E-state index in [1.165, 1.54) is 0 Å². The minimum atomic E-state index is -0.147. The van der Waals surface area contributed by atoms with Crippen LogP contribution >= 0.6 is 15.9 Å². The lowest BCUT2D eigenvalue weighted by molar-refractivity contribution is 0.220. The van der Waals surface area contributed by atoms with Gasteiger partial charge in [0.2, 0.25) is 0 Å². The van der Waals surface area contributed by atoms with Gasteiger partial charge >= 0.3 is 6.03 Å². The lowest BCUT2D eigenvalue weighted by Crippen LogP contribution is -2.30. The van der Waals surface area contributed by atoms with Crippen LogP contribution in [0.25, 0.3) is 0 Å². The molecule has 6 heteroatoms. The number of benzene rings is 1. The summed E-state index contributed by atoms with van der Waals surface area (Å²) < 4.78 is 2.70. The van der Waals surface area contributed by atoms with Crippen LogP contribution in [-0.4, -0.2) is 27.8 Å². The predicted octanol–water partition coefficient (Wildman–Crippen LogP) is 2.85. The largest absolute Gasteiger partial charge is 0.323 e. The standard InChI is InChI=1S/C13H15BrN4O/c1-17(8-10-7-15-18(2)9-10)13(19)16-12-5-3-11(14)4-6-12/h3-7,9H,8H2,1-2H3,(H,16,19). The van der Waals surface area contributed by atoms with Crippen molar-refractivity contribution in [1.82, 2.24) is 14.7 Å². The molecule has 19 heavy (non-hydrogen) atoms. The third-order valence-corrected chi connectivity index (χ3v) is 3.15. The zero-order valence-corrected chi connectivity index (χ0v) is 12.4. The van der Waals surface area contributed by atoms with E-state index in [9.17, 15) is 4.79 Å². The van der Waals surface area contributed by atoms with E-state index in [0.29, 0.717) is 6.54 Å². The molecular weight excluding hydrogens is 308 g/mol. The summed E-state index contributed by atoms with van der Waals surface area (Å²) in [5.41, 5.74) is 1.77. The second kappa shape index (κ2) is 5.88. The van der Waals surface area contributed by atoms with Crippen LogP contribution in [0.3, 0.4) is 0 Å². The van der Waals surface area contributed by atoms with Crippen LogP contribution in [0, 0.1) is 0 Å². The molecule has 0 bridgehead atoms. The summed E-state index contributed by atoms with van der Waals surface area (Å²) in [7, 11) is 3.60. The van der Waals surface area contributed by atoms with Crippen LogP contribution in [0.2, 0.25) is 0 Å². The number of nitrogens with zero attached hydrogens (tertiary/aromatic N) is 3. The average Bonchev–Trinajstić information content (AvgIpc) is 2.77. The fourth-order valence-corrected chi connectivity index (χ4v) is 1.92. The van der Waals surface area contributed by atoms with E-state index in [4.69, 9.17) is 0 Å². The highest BCUT2D eigenvalue weighted by Crippen LogP contribution is 2.14.